The molecule has 2 N–H and O–H groups in total. The van der Waals surface area contributed by atoms with Gasteiger partial charge in [0.15, 0.2) is 6.10 Å². The van der Waals surface area contributed by atoms with Gasteiger partial charge in [-0.05, 0) is 43.3 Å². The first-order valence-electron chi connectivity index (χ1n) is 9.68. The van der Waals surface area contributed by atoms with Crippen LogP contribution in [0.1, 0.15) is 20.3 Å². The van der Waals surface area contributed by atoms with Crippen molar-refractivity contribution in [3.63, 3.8) is 0 Å². The Labute approximate surface area is 178 Å². The first-order chi connectivity index (χ1) is 14.7. The van der Waals surface area contributed by atoms with Gasteiger partial charge in [-0.2, -0.15) is 0 Å². The van der Waals surface area contributed by atoms with Crippen molar-refractivity contribution in [1.29, 1.82) is 0 Å². The van der Waals surface area contributed by atoms with Crippen LogP contribution in [0.25, 0.3) is 0 Å². The van der Waals surface area contributed by atoms with Crippen LogP contribution in [-0.4, -0.2) is 36.3 Å². The number of hydrogen-bond donors (Lipinski definition) is 2. The van der Waals surface area contributed by atoms with Gasteiger partial charge < -0.3 is 20.3 Å². The normalized spacial score (nSPS) is 16.5. The van der Waals surface area contributed by atoms with E-state index in [9.17, 15) is 23.6 Å². The molecule has 1 aliphatic heterocycles. The smallest absolute Gasteiger partial charge is 0.312 e. The predicted octanol–water partition coefficient (Wildman–Crippen LogP) is 2.71. The van der Waals surface area contributed by atoms with E-state index in [1.807, 2.05) is 0 Å². The standard InChI is InChI=1S/C22H22FN3O5/c1-13(21(29)25-17-9-7-16(8-10-17)24-14(2)27)31-22(30)15-11-20(28)26(12-15)19-6-4-3-5-18(19)23/h3-10,13,15H,11-12H2,1-2H3,(H,24,27)(H,25,29)/t13-,15+/m1/s1. The number of halogens is 1. The number of anilines is 3. The minimum Gasteiger partial charge on any atom is -0.452 e. The molecule has 1 aliphatic rings. The van der Waals surface area contributed by atoms with E-state index in [1.165, 1.54) is 36.9 Å². The van der Waals surface area contributed by atoms with Crippen molar-refractivity contribution >= 4 is 40.8 Å². The van der Waals surface area contributed by atoms with Crippen molar-refractivity contribution < 1.29 is 28.3 Å². The first-order valence-corrected chi connectivity index (χ1v) is 9.68. The Kier molecular flexibility index (Phi) is 6.64. The van der Waals surface area contributed by atoms with E-state index in [0.29, 0.717) is 11.4 Å². The maximum Gasteiger partial charge on any atom is 0.312 e. The van der Waals surface area contributed by atoms with Crippen molar-refractivity contribution in [1.82, 2.24) is 0 Å². The highest BCUT2D eigenvalue weighted by Crippen LogP contribution is 2.28. The Bertz CT molecular complexity index is 1010. The zero-order valence-corrected chi connectivity index (χ0v) is 17.1. The molecular weight excluding hydrogens is 405 g/mol. The molecule has 162 valence electrons. The molecule has 0 aromatic heterocycles. The van der Waals surface area contributed by atoms with Gasteiger partial charge in [-0.1, -0.05) is 12.1 Å². The lowest BCUT2D eigenvalue weighted by molar-refractivity contribution is -0.157. The molecule has 1 fully saturated rings. The number of esters is 1. The van der Waals surface area contributed by atoms with E-state index in [1.54, 1.807) is 30.3 Å². The first kappa shape index (κ1) is 21.9. The number of hydrogen-bond acceptors (Lipinski definition) is 5. The average Bonchev–Trinajstić information content (AvgIpc) is 3.11. The molecular formula is C22H22FN3O5. The van der Waals surface area contributed by atoms with Gasteiger partial charge in [0.2, 0.25) is 11.8 Å². The number of benzene rings is 2. The fourth-order valence-electron chi connectivity index (χ4n) is 3.18. The highest BCUT2D eigenvalue weighted by Gasteiger charge is 2.38. The Morgan fingerprint density at radius 1 is 1.06 bits per heavy atom. The van der Waals surface area contributed by atoms with Gasteiger partial charge in [0, 0.05) is 31.3 Å². The summed E-state index contributed by atoms with van der Waals surface area (Å²) in [7, 11) is 0. The third-order valence-corrected chi connectivity index (χ3v) is 4.74. The van der Waals surface area contributed by atoms with Gasteiger partial charge in [-0.25, -0.2) is 4.39 Å². The van der Waals surface area contributed by atoms with Gasteiger partial charge >= 0.3 is 5.97 Å². The van der Waals surface area contributed by atoms with Gasteiger partial charge in [0.05, 0.1) is 11.6 Å². The molecule has 1 saturated heterocycles. The van der Waals surface area contributed by atoms with Crippen LogP contribution < -0.4 is 15.5 Å². The molecule has 8 nitrogen and oxygen atoms in total. The molecule has 1 heterocycles. The van der Waals surface area contributed by atoms with E-state index >= 15 is 0 Å². The largest absolute Gasteiger partial charge is 0.452 e. The highest BCUT2D eigenvalue weighted by molar-refractivity contribution is 6.00. The van der Waals surface area contributed by atoms with Crippen LogP contribution in [0.5, 0.6) is 0 Å². The van der Waals surface area contributed by atoms with Crippen LogP contribution in [-0.2, 0) is 23.9 Å². The van der Waals surface area contributed by atoms with Crippen molar-refractivity contribution in [2.75, 3.05) is 22.1 Å². The SMILES string of the molecule is CC(=O)Nc1ccc(NC(=O)[C@@H](C)OC(=O)[C@H]2CC(=O)N(c3ccccc3F)C2)cc1. The molecule has 0 saturated carbocycles. The van der Waals surface area contributed by atoms with Crippen LogP contribution in [0.15, 0.2) is 48.5 Å². The van der Waals surface area contributed by atoms with Crippen LogP contribution in [0.2, 0.25) is 0 Å². The Morgan fingerprint density at radius 2 is 1.68 bits per heavy atom. The number of ether oxygens (including phenoxy) is 1. The lowest BCUT2D eigenvalue weighted by atomic mass is 10.1. The summed E-state index contributed by atoms with van der Waals surface area (Å²) in [6, 6.07) is 12.3. The summed E-state index contributed by atoms with van der Waals surface area (Å²) < 4.78 is 19.2. The number of rotatable bonds is 6. The molecule has 2 aromatic rings. The summed E-state index contributed by atoms with van der Waals surface area (Å²) in [6.07, 6.45) is -1.22. The molecule has 0 unspecified atom stereocenters. The highest BCUT2D eigenvalue weighted by atomic mass is 19.1. The number of carbonyl (C=O) groups excluding carboxylic acids is 4. The summed E-state index contributed by atoms with van der Waals surface area (Å²) in [4.78, 5) is 49.3. The fraction of sp³-hybridized carbons (Fsp3) is 0.273. The fourth-order valence-corrected chi connectivity index (χ4v) is 3.18. The van der Waals surface area contributed by atoms with Gasteiger partial charge in [0.1, 0.15) is 5.82 Å². The van der Waals surface area contributed by atoms with E-state index in [2.05, 4.69) is 10.6 Å². The number of para-hydroxylation sites is 1. The molecule has 2 aromatic carbocycles. The zero-order chi connectivity index (χ0) is 22.5. The zero-order valence-electron chi connectivity index (χ0n) is 17.1. The van der Waals surface area contributed by atoms with Crippen molar-refractivity contribution in [2.24, 2.45) is 5.92 Å². The third-order valence-electron chi connectivity index (χ3n) is 4.74. The Hall–Kier alpha value is -3.75. The monoisotopic (exact) mass is 427 g/mol. The van der Waals surface area contributed by atoms with Crippen molar-refractivity contribution in [3.05, 3.63) is 54.3 Å². The van der Waals surface area contributed by atoms with Crippen LogP contribution in [0.4, 0.5) is 21.5 Å². The third kappa shape index (κ3) is 5.44. The topological polar surface area (TPSA) is 105 Å². The van der Waals surface area contributed by atoms with E-state index < -0.39 is 29.7 Å². The number of nitrogens with one attached hydrogen (secondary N) is 2. The Morgan fingerprint density at radius 3 is 2.29 bits per heavy atom. The minimum atomic E-state index is -1.10. The summed E-state index contributed by atoms with van der Waals surface area (Å²) in [5.74, 6) is -3.19. The van der Waals surface area contributed by atoms with Crippen LogP contribution in [0, 0.1) is 11.7 Å². The van der Waals surface area contributed by atoms with Gasteiger partial charge in [0.25, 0.3) is 5.91 Å². The number of carbonyl (C=O) groups is 4. The number of amides is 3. The molecule has 0 radical (unpaired) electrons. The molecule has 9 heteroatoms. The molecule has 3 amide bonds. The summed E-state index contributed by atoms with van der Waals surface area (Å²) in [6.45, 7) is 2.79. The van der Waals surface area contributed by atoms with Gasteiger partial charge in [-0.15, -0.1) is 0 Å². The Balaban J connectivity index is 1.55. The lowest BCUT2D eigenvalue weighted by Crippen LogP contribution is -2.33. The summed E-state index contributed by atoms with van der Waals surface area (Å²) in [5.41, 5.74) is 1.15. The molecule has 3 rings (SSSR count). The summed E-state index contributed by atoms with van der Waals surface area (Å²) >= 11 is 0. The van der Waals surface area contributed by atoms with E-state index in [0.717, 1.165) is 0 Å². The van der Waals surface area contributed by atoms with Gasteiger partial charge in [-0.3, -0.25) is 19.2 Å². The minimum absolute atomic E-state index is 0.0163. The molecule has 0 bridgehead atoms. The van der Waals surface area contributed by atoms with E-state index in [4.69, 9.17) is 4.74 Å². The number of nitrogens with zero attached hydrogens (tertiary/aromatic N) is 1. The average molecular weight is 427 g/mol. The van der Waals surface area contributed by atoms with Crippen LogP contribution >= 0.6 is 0 Å². The maximum atomic E-state index is 14.0. The lowest BCUT2D eigenvalue weighted by Gasteiger charge is -2.18. The second-order valence-corrected chi connectivity index (χ2v) is 7.18. The second-order valence-electron chi connectivity index (χ2n) is 7.18. The molecule has 2 atom stereocenters. The second kappa shape index (κ2) is 9.38. The molecule has 0 aliphatic carbocycles. The molecule has 0 spiro atoms. The molecule has 31 heavy (non-hydrogen) atoms. The quantitative estimate of drug-likeness (QED) is 0.690. The van der Waals surface area contributed by atoms with Crippen molar-refractivity contribution in [2.45, 2.75) is 26.4 Å². The van der Waals surface area contributed by atoms with Crippen LogP contribution in [0.3, 0.4) is 0 Å². The maximum absolute atomic E-state index is 14.0. The van der Waals surface area contributed by atoms with Crippen molar-refractivity contribution in [3.8, 4) is 0 Å². The summed E-state index contributed by atoms with van der Waals surface area (Å²) in [5, 5.41) is 5.23. The predicted molar refractivity (Wildman–Crippen MR) is 112 cm³/mol. The van der Waals surface area contributed by atoms with E-state index in [-0.39, 0.29) is 30.5 Å².